The Bertz CT molecular complexity index is 482. The molecule has 1 aromatic rings. The summed E-state index contributed by atoms with van der Waals surface area (Å²) in [4.78, 5) is 27.1. The molecular formula is C7H9O7P2Sn+3. The van der Waals surface area contributed by atoms with Crippen molar-refractivity contribution >= 4 is 37.7 Å². The fourth-order valence-corrected chi connectivity index (χ4v) is 3.22. The third-order valence-corrected chi connectivity index (χ3v) is 10.3. The molecule has 0 spiro atoms. The Morgan fingerprint density at radius 2 is 1.59 bits per heavy atom. The fourth-order valence-electron chi connectivity index (χ4n) is 0.852. The Kier molecular flexibility index (Phi) is 4.47. The predicted molar refractivity (Wildman–Crippen MR) is 59.6 cm³/mol. The normalized spacial score (nSPS) is 19.2. The Morgan fingerprint density at radius 1 is 1.12 bits per heavy atom. The van der Waals surface area contributed by atoms with Gasteiger partial charge in [-0.1, -0.05) is 0 Å². The van der Waals surface area contributed by atoms with Crippen molar-refractivity contribution in [3.05, 3.63) is 30.3 Å². The molecule has 7 nitrogen and oxygen atoms in total. The predicted octanol–water partition coefficient (Wildman–Crippen LogP) is 0.201. The zero-order valence-electron chi connectivity index (χ0n) is 8.29. The molecule has 0 aliphatic carbocycles. The van der Waals surface area contributed by atoms with Crippen molar-refractivity contribution in [3.63, 3.8) is 0 Å². The van der Waals surface area contributed by atoms with E-state index in [9.17, 15) is 19.1 Å². The molecule has 2 unspecified atom stereocenters. The maximum absolute atomic E-state index is 11.7. The van der Waals surface area contributed by atoms with Gasteiger partial charge in [0.1, 0.15) is 0 Å². The van der Waals surface area contributed by atoms with E-state index in [2.05, 4.69) is 4.52 Å². The first-order chi connectivity index (χ1) is 7.58. The van der Waals surface area contributed by atoms with Crippen LogP contribution in [0.1, 0.15) is 0 Å². The second kappa shape index (κ2) is 5.01. The van der Waals surface area contributed by atoms with Crippen LogP contribution in [-0.2, 0) is 9.13 Å². The Hall–Kier alpha value is 0.119. The molecule has 0 fully saturated rings. The van der Waals surface area contributed by atoms with Crippen LogP contribution in [0.2, 0.25) is 0 Å². The minimum atomic E-state index is -5.17. The number of aliphatic hydroxyl groups is 1. The van der Waals surface area contributed by atoms with Gasteiger partial charge in [0.25, 0.3) is 0 Å². The summed E-state index contributed by atoms with van der Waals surface area (Å²) in [6, 6.07) is 7.30. The summed E-state index contributed by atoms with van der Waals surface area (Å²) < 4.78 is 24.1. The van der Waals surface area contributed by atoms with Gasteiger partial charge < -0.3 is 0 Å². The Morgan fingerprint density at radius 3 is 2.00 bits per heavy atom. The summed E-state index contributed by atoms with van der Waals surface area (Å²) in [6.07, 6.45) is 0. The fraction of sp³-hybridized carbons (Fsp3) is 0.143. The van der Waals surface area contributed by atoms with E-state index in [4.69, 9.17) is 9.79 Å². The standard InChI is InChI=1S/C7H9O7P2.Sn/c8-7(15(9,10)11)16(12,13)14-6-4-2-1-3-5-6;/h1-5,8H,(H,12,13)(H2,9,10,11);/q;+3. The van der Waals surface area contributed by atoms with Crippen molar-refractivity contribution in [3.8, 4) is 5.75 Å². The number of rotatable bonds is 4. The van der Waals surface area contributed by atoms with Crippen LogP contribution in [0.3, 0.4) is 0 Å². The zero-order valence-corrected chi connectivity index (χ0v) is 12.9. The van der Waals surface area contributed by atoms with E-state index < -0.39 is 18.3 Å². The molecule has 0 saturated heterocycles. The van der Waals surface area contributed by atoms with Crippen LogP contribution in [0.5, 0.6) is 5.75 Å². The molecule has 1 aromatic carbocycles. The second-order valence-electron chi connectivity index (χ2n) is 3.10. The third kappa shape index (κ3) is 3.32. The van der Waals surface area contributed by atoms with Crippen LogP contribution in [0.15, 0.2) is 30.3 Å². The summed E-state index contributed by atoms with van der Waals surface area (Å²) in [5, 5.41) is 9.48. The number of para-hydroxylation sites is 1. The molecule has 10 heteroatoms. The van der Waals surface area contributed by atoms with Gasteiger partial charge >= 0.3 is 110 Å². The van der Waals surface area contributed by atoms with E-state index in [-0.39, 0.29) is 28.3 Å². The van der Waals surface area contributed by atoms with Crippen molar-refractivity contribution in [2.24, 2.45) is 0 Å². The van der Waals surface area contributed by atoms with Crippen LogP contribution < -0.4 is 4.52 Å². The van der Waals surface area contributed by atoms with Gasteiger partial charge in [0.15, 0.2) is 0 Å². The van der Waals surface area contributed by atoms with Gasteiger partial charge in [-0.15, -0.1) is 0 Å². The molecule has 0 radical (unpaired) electrons. The zero-order chi connectivity index (χ0) is 13.3. The van der Waals surface area contributed by atoms with Crippen molar-refractivity contribution in [2.75, 3.05) is 0 Å². The molecule has 2 atom stereocenters. The average Bonchev–Trinajstić information content (AvgIpc) is 2.16. The summed E-state index contributed by atoms with van der Waals surface area (Å²) in [7, 11) is -10.1. The molecule has 17 heavy (non-hydrogen) atoms. The van der Waals surface area contributed by atoms with Crippen LogP contribution in [0.4, 0.5) is 0 Å². The van der Waals surface area contributed by atoms with Gasteiger partial charge in [0, 0.05) is 0 Å². The first-order valence-corrected chi connectivity index (χ1v) is 8.80. The van der Waals surface area contributed by atoms with Gasteiger partial charge in [-0.3, -0.25) is 0 Å². The monoisotopic (exact) mass is 387 g/mol. The van der Waals surface area contributed by atoms with E-state index in [1.54, 1.807) is 6.07 Å². The van der Waals surface area contributed by atoms with Crippen molar-refractivity contribution in [2.45, 2.75) is 3.10 Å². The molecule has 0 saturated carbocycles. The molecule has 0 bridgehead atoms. The van der Waals surface area contributed by atoms with E-state index in [0.29, 0.717) is 0 Å². The molecule has 4 N–H and O–H groups in total. The average molecular weight is 386 g/mol. The number of hydrogen-bond acceptors (Lipinski definition) is 4. The molecule has 1 rings (SSSR count). The van der Waals surface area contributed by atoms with E-state index >= 15 is 0 Å². The molecular weight excluding hydrogens is 377 g/mol. The minimum absolute atomic E-state index is 0.0624. The van der Waals surface area contributed by atoms with Gasteiger partial charge in [-0.25, -0.2) is 0 Å². The quantitative estimate of drug-likeness (QED) is 0.431. The molecule has 0 amide bonds. The van der Waals surface area contributed by atoms with Gasteiger partial charge in [0.05, 0.1) is 0 Å². The van der Waals surface area contributed by atoms with Crippen LogP contribution in [-0.4, -0.2) is 45.4 Å². The Labute approximate surface area is 110 Å². The van der Waals surface area contributed by atoms with Crippen molar-refractivity contribution < 1.29 is 33.4 Å². The summed E-state index contributed by atoms with van der Waals surface area (Å²) in [6.45, 7) is 0. The number of hydrogen-bond donors (Lipinski definition) is 4. The molecule has 0 aliphatic rings. The second-order valence-corrected chi connectivity index (χ2v) is 11.5. The Balaban J connectivity index is 3.05. The molecule has 0 aromatic heterocycles. The van der Waals surface area contributed by atoms with Gasteiger partial charge in [-0.05, 0) is 0 Å². The molecule has 0 aliphatic heterocycles. The van der Waals surface area contributed by atoms with Crippen molar-refractivity contribution in [1.29, 1.82) is 0 Å². The maximum atomic E-state index is 11.7. The summed E-state index contributed by atoms with van der Waals surface area (Å²) in [5.74, 6) is -0.0624. The van der Waals surface area contributed by atoms with Gasteiger partial charge in [0.2, 0.25) is 0 Å². The summed E-state index contributed by atoms with van der Waals surface area (Å²) >= 11 is -0.207. The SMILES string of the molecule is O=P(O)(O)[C](O)([Sn+3])P(=O)(O)Oc1ccccc1. The van der Waals surface area contributed by atoms with Crippen LogP contribution in [0.25, 0.3) is 0 Å². The third-order valence-electron chi connectivity index (χ3n) is 1.77. The van der Waals surface area contributed by atoms with Gasteiger partial charge in [-0.2, -0.15) is 0 Å². The number of benzene rings is 1. The van der Waals surface area contributed by atoms with Crippen LogP contribution in [0, 0.1) is 0 Å². The topological polar surface area (TPSA) is 124 Å². The molecule has 90 valence electrons. The van der Waals surface area contributed by atoms with E-state index in [0.717, 1.165) is 0 Å². The van der Waals surface area contributed by atoms with Crippen molar-refractivity contribution in [1.82, 2.24) is 0 Å². The van der Waals surface area contributed by atoms with E-state index in [1.807, 2.05) is 0 Å². The summed E-state index contributed by atoms with van der Waals surface area (Å²) in [5.41, 5.74) is 0. The molecule has 0 heterocycles. The van der Waals surface area contributed by atoms with E-state index in [1.165, 1.54) is 24.3 Å². The first kappa shape index (κ1) is 15.2. The van der Waals surface area contributed by atoms with Crippen LogP contribution >= 0.6 is 15.2 Å². The first-order valence-electron chi connectivity index (χ1n) is 4.18.